The van der Waals surface area contributed by atoms with Crippen molar-refractivity contribution in [3.05, 3.63) is 36.8 Å². The van der Waals surface area contributed by atoms with E-state index in [2.05, 4.69) is 20.2 Å². The zero-order valence-electron chi connectivity index (χ0n) is 16.9. The minimum absolute atomic E-state index is 0.134. The van der Waals surface area contributed by atoms with Gasteiger partial charge in [-0.3, -0.25) is 4.79 Å². The molecular weight excluding hydrogens is 424 g/mol. The van der Waals surface area contributed by atoms with Crippen molar-refractivity contribution >= 4 is 28.8 Å². The van der Waals surface area contributed by atoms with Gasteiger partial charge in [0.05, 0.1) is 12.2 Å². The number of aliphatic hydroxyl groups excluding tert-OH is 1. The van der Waals surface area contributed by atoms with Crippen molar-refractivity contribution in [1.82, 2.24) is 34.1 Å². The standard InChI is InChI=1S/C12H10N8.C7H11F2NO2/c13-11-10-7(3-5-20(10)18-12(14)16-11)8-1-2-9-15-4-6-19(9)17-8;8-7(9)2-1-3-10(5-7)6(12)4-11/h1-6H,(H4,13,14,16,18);11H,1-5H2. The number of alkyl halides is 2. The highest BCUT2D eigenvalue weighted by Crippen LogP contribution is 2.27. The van der Waals surface area contributed by atoms with E-state index in [9.17, 15) is 13.6 Å². The number of amides is 1. The molecule has 1 aliphatic heterocycles. The number of carbonyl (C=O) groups is 1. The van der Waals surface area contributed by atoms with Gasteiger partial charge in [0.1, 0.15) is 12.1 Å². The minimum atomic E-state index is -2.77. The molecule has 4 aromatic rings. The molecule has 5 heterocycles. The zero-order valence-corrected chi connectivity index (χ0v) is 16.9. The second-order valence-corrected chi connectivity index (χ2v) is 7.26. The van der Waals surface area contributed by atoms with Gasteiger partial charge in [-0.25, -0.2) is 22.8 Å². The minimum Gasteiger partial charge on any atom is -0.387 e. The summed E-state index contributed by atoms with van der Waals surface area (Å²) in [5, 5.41) is 17.0. The summed E-state index contributed by atoms with van der Waals surface area (Å²) < 4.78 is 28.7. The molecule has 32 heavy (non-hydrogen) atoms. The zero-order chi connectivity index (χ0) is 22.9. The van der Waals surface area contributed by atoms with Gasteiger partial charge < -0.3 is 21.5 Å². The Kier molecular flexibility index (Phi) is 5.57. The highest BCUT2D eigenvalue weighted by Gasteiger charge is 2.36. The summed E-state index contributed by atoms with van der Waals surface area (Å²) in [6, 6.07) is 5.65. The van der Waals surface area contributed by atoms with Gasteiger partial charge >= 0.3 is 0 Å². The Labute approximate surface area is 180 Å². The fourth-order valence-electron chi connectivity index (χ4n) is 3.51. The highest BCUT2D eigenvalue weighted by molar-refractivity contribution is 5.86. The predicted molar refractivity (Wildman–Crippen MR) is 112 cm³/mol. The van der Waals surface area contributed by atoms with Crippen LogP contribution in [0.4, 0.5) is 20.5 Å². The van der Waals surface area contributed by atoms with E-state index >= 15 is 0 Å². The van der Waals surface area contributed by atoms with Gasteiger partial charge in [-0.2, -0.15) is 10.1 Å². The van der Waals surface area contributed by atoms with E-state index in [-0.39, 0.29) is 12.4 Å². The molecule has 0 radical (unpaired) electrons. The molecule has 0 bridgehead atoms. The van der Waals surface area contributed by atoms with Crippen LogP contribution in [0, 0.1) is 0 Å². The molecule has 0 unspecified atom stereocenters. The van der Waals surface area contributed by atoms with Crippen molar-refractivity contribution in [2.75, 3.05) is 31.2 Å². The lowest BCUT2D eigenvalue weighted by Crippen LogP contribution is -2.46. The average molecular weight is 445 g/mol. The molecule has 1 saturated heterocycles. The monoisotopic (exact) mass is 445 g/mol. The van der Waals surface area contributed by atoms with Gasteiger partial charge in [0, 0.05) is 37.1 Å². The van der Waals surface area contributed by atoms with Crippen molar-refractivity contribution in [2.24, 2.45) is 0 Å². The number of likely N-dealkylation sites (tertiary alicyclic amines) is 1. The molecule has 13 heteroatoms. The number of piperidine rings is 1. The Morgan fingerprint density at radius 3 is 2.72 bits per heavy atom. The van der Waals surface area contributed by atoms with Gasteiger partial charge in [-0.15, -0.1) is 5.10 Å². The molecule has 0 aliphatic carbocycles. The van der Waals surface area contributed by atoms with Gasteiger partial charge in [-0.1, -0.05) is 0 Å². The lowest BCUT2D eigenvalue weighted by atomic mass is 10.1. The Balaban J connectivity index is 0.000000176. The van der Waals surface area contributed by atoms with Crippen LogP contribution in [0.25, 0.3) is 22.4 Å². The number of fused-ring (bicyclic) bond motifs is 2. The Morgan fingerprint density at radius 1 is 1.16 bits per heavy atom. The first kappa shape index (κ1) is 21.4. The van der Waals surface area contributed by atoms with Gasteiger partial charge in [0.15, 0.2) is 11.5 Å². The van der Waals surface area contributed by atoms with Crippen LogP contribution in [0.15, 0.2) is 36.8 Å². The molecule has 4 aromatic heterocycles. The summed E-state index contributed by atoms with van der Waals surface area (Å²) in [4.78, 5) is 20.0. The van der Waals surface area contributed by atoms with E-state index in [0.29, 0.717) is 24.3 Å². The third kappa shape index (κ3) is 4.27. The molecule has 5 N–H and O–H groups in total. The molecule has 1 amide bonds. The summed E-state index contributed by atoms with van der Waals surface area (Å²) in [5.41, 5.74) is 14.6. The first-order chi connectivity index (χ1) is 15.3. The Morgan fingerprint density at radius 2 is 1.97 bits per heavy atom. The summed E-state index contributed by atoms with van der Waals surface area (Å²) in [6.45, 7) is -0.905. The lowest BCUT2D eigenvalue weighted by Gasteiger charge is -2.31. The maximum Gasteiger partial charge on any atom is 0.265 e. The van der Waals surface area contributed by atoms with Gasteiger partial charge in [0.25, 0.3) is 5.92 Å². The SMILES string of the molecule is Nc1nc(N)c2c(-c3ccc4nccn4n3)ccn2n1.O=C(CO)N1CCCC(F)(F)C1. The molecule has 0 saturated carbocycles. The molecule has 1 aliphatic rings. The van der Waals surface area contributed by atoms with Crippen molar-refractivity contribution < 1.29 is 18.7 Å². The van der Waals surface area contributed by atoms with Crippen molar-refractivity contribution in [1.29, 1.82) is 0 Å². The van der Waals surface area contributed by atoms with E-state index in [0.717, 1.165) is 21.8 Å². The highest BCUT2D eigenvalue weighted by atomic mass is 19.3. The number of aromatic nitrogens is 6. The van der Waals surface area contributed by atoms with Crippen LogP contribution in [0.3, 0.4) is 0 Å². The van der Waals surface area contributed by atoms with E-state index in [1.165, 1.54) is 0 Å². The Hall–Kier alpha value is -3.87. The van der Waals surface area contributed by atoms with Crippen LogP contribution in [-0.2, 0) is 4.79 Å². The Bertz CT molecular complexity index is 1270. The second kappa shape index (κ2) is 8.34. The summed E-state index contributed by atoms with van der Waals surface area (Å²) in [6.07, 6.45) is 5.40. The number of aliphatic hydroxyl groups is 1. The molecule has 11 nitrogen and oxygen atoms in total. The normalized spacial score (nSPS) is 15.5. The maximum atomic E-state index is 12.7. The van der Waals surface area contributed by atoms with Crippen LogP contribution in [0.5, 0.6) is 0 Å². The van der Waals surface area contributed by atoms with Gasteiger partial charge in [-0.05, 0) is 24.6 Å². The fraction of sp³-hybridized carbons (Fsp3) is 0.316. The first-order valence-corrected chi connectivity index (χ1v) is 9.75. The smallest absolute Gasteiger partial charge is 0.265 e. The maximum absolute atomic E-state index is 12.7. The number of imidazole rings is 1. The number of rotatable bonds is 2. The van der Waals surface area contributed by atoms with Crippen molar-refractivity contribution in [3.63, 3.8) is 0 Å². The topological polar surface area (TPSA) is 153 Å². The quantitative estimate of drug-likeness (QED) is 0.410. The summed E-state index contributed by atoms with van der Waals surface area (Å²) >= 11 is 0. The lowest BCUT2D eigenvalue weighted by molar-refractivity contribution is -0.144. The molecule has 1 fully saturated rings. The summed E-state index contributed by atoms with van der Waals surface area (Å²) in [5.74, 6) is -2.93. The van der Waals surface area contributed by atoms with E-state index in [1.807, 2.05) is 18.2 Å². The number of hydrogen-bond donors (Lipinski definition) is 3. The van der Waals surface area contributed by atoms with Crippen LogP contribution in [0.2, 0.25) is 0 Å². The van der Waals surface area contributed by atoms with Crippen molar-refractivity contribution in [3.8, 4) is 11.3 Å². The predicted octanol–water partition coefficient (Wildman–Crippen LogP) is 0.840. The number of nitrogen functional groups attached to an aromatic ring is 2. The second-order valence-electron chi connectivity index (χ2n) is 7.26. The molecule has 5 rings (SSSR count). The van der Waals surface area contributed by atoms with Gasteiger partial charge in [0.2, 0.25) is 11.9 Å². The third-order valence-corrected chi connectivity index (χ3v) is 4.97. The van der Waals surface area contributed by atoms with E-state index < -0.39 is 25.0 Å². The number of nitrogens with two attached hydrogens (primary N) is 2. The first-order valence-electron chi connectivity index (χ1n) is 9.75. The largest absolute Gasteiger partial charge is 0.387 e. The van der Waals surface area contributed by atoms with Crippen molar-refractivity contribution in [2.45, 2.75) is 18.8 Å². The molecule has 168 valence electrons. The molecular formula is C19H21F2N9O2. The number of halogens is 2. The number of hydrogen-bond acceptors (Lipinski definition) is 8. The van der Waals surface area contributed by atoms with E-state index in [4.69, 9.17) is 16.6 Å². The molecule has 0 spiro atoms. The summed E-state index contributed by atoms with van der Waals surface area (Å²) in [7, 11) is 0. The van der Waals surface area contributed by atoms with Crippen LogP contribution < -0.4 is 11.5 Å². The van der Waals surface area contributed by atoms with E-state index in [1.54, 1.807) is 27.6 Å². The fourth-order valence-corrected chi connectivity index (χ4v) is 3.51. The van der Waals surface area contributed by atoms with Crippen LogP contribution in [-0.4, -0.2) is 70.7 Å². The number of anilines is 2. The van der Waals surface area contributed by atoms with Crippen LogP contribution >= 0.6 is 0 Å². The average Bonchev–Trinajstić information content (AvgIpc) is 3.39. The third-order valence-electron chi connectivity index (χ3n) is 4.97. The molecule has 0 aromatic carbocycles. The number of nitrogens with zero attached hydrogens (tertiary/aromatic N) is 7. The van der Waals surface area contributed by atoms with Crippen LogP contribution in [0.1, 0.15) is 12.8 Å². The molecule has 0 atom stereocenters. The number of carbonyl (C=O) groups excluding carboxylic acids is 1.